The summed E-state index contributed by atoms with van der Waals surface area (Å²) in [4.78, 5) is 0. The molecule has 2 nitrogen and oxygen atoms in total. The summed E-state index contributed by atoms with van der Waals surface area (Å²) >= 11 is 1.55. The van der Waals surface area contributed by atoms with Crippen LogP contribution in [0.15, 0.2) is 11.7 Å². The highest BCUT2D eigenvalue weighted by molar-refractivity contribution is 8.00. The van der Waals surface area contributed by atoms with Gasteiger partial charge in [-0.2, -0.15) is 8.78 Å². The molecule has 0 bridgehead atoms. The summed E-state index contributed by atoms with van der Waals surface area (Å²) in [5.74, 6) is 0.340. The molecule has 0 unspecified atom stereocenters. The Morgan fingerprint density at radius 2 is 1.48 bits per heavy atom. The van der Waals surface area contributed by atoms with E-state index in [1.54, 1.807) is 11.8 Å². The SMILES string of the molecule is CC(C)(C)[Si](C)(C)OC[C@H]1SCC(=C(F)F)[C@@H]1O[Si](C)(C)C(C)(C)C. The lowest BCUT2D eigenvalue weighted by molar-refractivity contribution is 0.174. The van der Waals surface area contributed by atoms with Crippen molar-refractivity contribution in [3.05, 3.63) is 11.7 Å². The van der Waals surface area contributed by atoms with Crippen molar-refractivity contribution < 1.29 is 17.6 Å². The molecule has 2 atom stereocenters. The monoisotopic (exact) mass is 410 g/mol. The van der Waals surface area contributed by atoms with Gasteiger partial charge in [-0.3, -0.25) is 0 Å². The Morgan fingerprint density at radius 3 is 1.88 bits per heavy atom. The molecule has 0 aromatic rings. The molecule has 0 aromatic carbocycles. The smallest absolute Gasteiger partial charge is 0.272 e. The molecule has 148 valence electrons. The number of thioether (sulfide) groups is 1. The molecule has 0 aliphatic carbocycles. The van der Waals surface area contributed by atoms with Crippen LogP contribution >= 0.6 is 11.8 Å². The van der Waals surface area contributed by atoms with Crippen LogP contribution in [0, 0.1) is 0 Å². The lowest BCUT2D eigenvalue weighted by Crippen LogP contribution is -2.48. The van der Waals surface area contributed by atoms with E-state index in [1.165, 1.54) is 0 Å². The van der Waals surface area contributed by atoms with Gasteiger partial charge in [-0.25, -0.2) is 0 Å². The normalized spacial score (nSPS) is 23.3. The second-order valence-corrected chi connectivity index (χ2v) is 20.8. The van der Waals surface area contributed by atoms with Crippen molar-refractivity contribution in [1.82, 2.24) is 0 Å². The van der Waals surface area contributed by atoms with Gasteiger partial charge in [0.1, 0.15) is 0 Å². The van der Waals surface area contributed by atoms with Gasteiger partial charge in [0.05, 0.1) is 11.4 Å². The minimum atomic E-state index is -2.14. The van der Waals surface area contributed by atoms with Crippen LogP contribution in [-0.2, 0) is 8.85 Å². The molecule has 1 aliphatic heterocycles. The first-order chi connectivity index (χ1) is 11.0. The summed E-state index contributed by atoms with van der Waals surface area (Å²) in [6.45, 7) is 22.1. The van der Waals surface area contributed by atoms with Crippen molar-refractivity contribution in [1.29, 1.82) is 0 Å². The summed E-state index contributed by atoms with van der Waals surface area (Å²) in [6, 6.07) is 0. The van der Waals surface area contributed by atoms with Crippen molar-refractivity contribution >= 4 is 28.4 Å². The maximum absolute atomic E-state index is 13.5. The van der Waals surface area contributed by atoms with Crippen LogP contribution in [0.25, 0.3) is 0 Å². The van der Waals surface area contributed by atoms with Crippen molar-refractivity contribution in [2.45, 2.75) is 89.2 Å². The van der Waals surface area contributed by atoms with Crippen molar-refractivity contribution in [3.8, 4) is 0 Å². The second-order valence-electron chi connectivity index (χ2n) is 10.0. The molecular weight excluding hydrogens is 374 g/mol. The molecule has 1 rings (SSSR count). The largest absolute Gasteiger partial charge is 0.416 e. The molecule has 1 aliphatic rings. The lowest BCUT2D eigenvalue weighted by Gasteiger charge is -2.41. The fourth-order valence-electron chi connectivity index (χ4n) is 2.04. The maximum Gasteiger partial charge on any atom is 0.272 e. The van der Waals surface area contributed by atoms with E-state index in [0.29, 0.717) is 12.4 Å². The average molecular weight is 411 g/mol. The van der Waals surface area contributed by atoms with Gasteiger partial charge >= 0.3 is 0 Å². The van der Waals surface area contributed by atoms with Gasteiger partial charge in [-0.1, -0.05) is 41.5 Å². The van der Waals surface area contributed by atoms with E-state index in [1.807, 2.05) is 0 Å². The Morgan fingerprint density at radius 1 is 1.00 bits per heavy atom. The van der Waals surface area contributed by atoms with E-state index in [9.17, 15) is 8.78 Å². The molecule has 0 saturated carbocycles. The van der Waals surface area contributed by atoms with Gasteiger partial charge in [0.25, 0.3) is 6.08 Å². The van der Waals surface area contributed by atoms with Crippen molar-refractivity contribution in [2.75, 3.05) is 12.4 Å². The lowest BCUT2D eigenvalue weighted by atomic mass is 10.1. The van der Waals surface area contributed by atoms with Gasteiger partial charge in [0.2, 0.25) is 0 Å². The topological polar surface area (TPSA) is 18.5 Å². The van der Waals surface area contributed by atoms with Gasteiger partial charge in [-0.15, -0.1) is 11.8 Å². The highest BCUT2D eigenvalue weighted by Gasteiger charge is 2.46. The molecule has 0 radical (unpaired) electrons. The van der Waals surface area contributed by atoms with Crippen LogP contribution in [0.5, 0.6) is 0 Å². The first-order valence-corrected chi connectivity index (χ1v) is 15.8. The second kappa shape index (κ2) is 7.74. The highest BCUT2D eigenvalue weighted by Crippen LogP contribution is 2.44. The van der Waals surface area contributed by atoms with Crippen LogP contribution in [0.4, 0.5) is 8.78 Å². The van der Waals surface area contributed by atoms with E-state index in [-0.39, 0.29) is 20.9 Å². The number of hydrogen-bond donors (Lipinski definition) is 0. The Bertz CT molecular complexity index is 504. The fraction of sp³-hybridized carbons (Fsp3) is 0.889. The van der Waals surface area contributed by atoms with Crippen LogP contribution < -0.4 is 0 Å². The molecule has 1 saturated heterocycles. The predicted octanol–water partition coefficient (Wildman–Crippen LogP) is 6.66. The molecule has 25 heavy (non-hydrogen) atoms. The zero-order valence-corrected chi connectivity index (χ0v) is 20.4. The maximum atomic E-state index is 13.5. The minimum Gasteiger partial charge on any atom is -0.416 e. The first kappa shape index (κ1) is 23.3. The average Bonchev–Trinajstić information content (AvgIpc) is 2.76. The minimum absolute atomic E-state index is 0.0109. The molecule has 1 heterocycles. The van der Waals surface area contributed by atoms with Gasteiger partial charge in [0.15, 0.2) is 16.6 Å². The summed E-state index contributed by atoms with van der Waals surface area (Å²) in [6.07, 6.45) is -2.10. The van der Waals surface area contributed by atoms with E-state index in [2.05, 4.69) is 67.7 Å². The molecule has 0 spiro atoms. The summed E-state index contributed by atoms with van der Waals surface area (Å²) in [5, 5.41) is 0.0405. The van der Waals surface area contributed by atoms with Crippen molar-refractivity contribution in [3.63, 3.8) is 0 Å². The third-order valence-corrected chi connectivity index (χ3v) is 16.3. The fourth-order valence-corrected chi connectivity index (χ4v) is 5.81. The van der Waals surface area contributed by atoms with Gasteiger partial charge in [0, 0.05) is 17.9 Å². The summed E-state index contributed by atoms with van der Waals surface area (Å²) in [5.41, 5.74) is 0.165. The Labute approximate surface area is 159 Å². The zero-order chi connectivity index (χ0) is 19.8. The number of halogens is 2. The predicted molar refractivity (Wildman–Crippen MR) is 111 cm³/mol. The molecule has 0 N–H and O–H groups in total. The Balaban J connectivity index is 2.98. The zero-order valence-electron chi connectivity index (χ0n) is 17.5. The third-order valence-electron chi connectivity index (χ3n) is 6.02. The number of rotatable bonds is 5. The molecular formula is C18H36F2O2SSi2. The molecule has 7 heteroatoms. The molecule has 0 aromatic heterocycles. The summed E-state index contributed by atoms with van der Waals surface area (Å²) < 4.78 is 39.7. The van der Waals surface area contributed by atoms with Crippen molar-refractivity contribution in [2.24, 2.45) is 0 Å². The van der Waals surface area contributed by atoms with Crippen LogP contribution in [0.2, 0.25) is 36.3 Å². The Hall–Kier alpha value is 0.304. The van der Waals surface area contributed by atoms with E-state index < -0.39 is 28.8 Å². The Kier molecular flexibility index (Phi) is 7.22. The van der Waals surface area contributed by atoms with Crippen LogP contribution in [0.1, 0.15) is 41.5 Å². The third kappa shape index (κ3) is 5.64. The van der Waals surface area contributed by atoms with Crippen LogP contribution in [0.3, 0.4) is 0 Å². The van der Waals surface area contributed by atoms with Gasteiger partial charge in [-0.05, 0) is 36.3 Å². The quantitative estimate of drug-likeness (QED) is 0.472. The van der Waals surface area contributed by atoms with E-state index in [0.717, 1.165) is 0 Å². The first-order valence-electron chi connectivity index (χ1n) is 8.97. The van der Waals surface area contributed by atoms with Gasteiger partial charge < -0.3 is 8.85 Å². The number of hydrogen-bond acceptors (Lipinski definition) is 3. The van der Waals surface area contributed by atoms with E-state index in [4.69, 9.17) is 8.85 Å². The molecule has 0 amide bonds. The summed E-state index contributed by atoms with van der Waals surface area (Å²) in [7, 11) is -4.04. The highest BCUT2D eigenvalue weighted by atomic mass is 32.2. The molecule has 1 fully saturated rings. The standard InChI is InChI=1S/C18H36F2O2SSi2/c1-17(2,3)24(7,8)21-11-14-15(13(12-23-14)16(19)20)22-25(9,10)18(4,5)6/h14-15H,11-12H2,1-10H3/t14-,15+/m1/s1. The van der Waals surface area contributed by atoms with Crippen LogP contribution in [-0.4, -0.2) is 40.3 Å². The van der Waals surface area contributed by atoms with E-state index >= 15 is 0 Å².